The van der Waals surface area contributed by atoms with Gasteiger partial charge in [0.1, 0.15) is 11.4 Å². The fraction of sp³-hybridized carbons (Fsp3) is 0.938. The summed E-state index contributed by atoms with van der Waals surface area (Å²) in [6.07, 6.45) is 4.00. The molecule has 0 aliphatic carbocycles. The highest BCUT2D eigenvalue weighted by Crippen LogP contribution is 2.23. The lowest BCUT2D eigenvalue weighted by Crippen LogP contribution is -2.23. The fourth-order valence-electron chi connectivity index (χ4n) is 1.94. The van der Waals surface area contributed by atoms with Crippen LogP contribution >= 0.6 is 11.8 Å². The molecule has 0 radical (unpaired) electrons. The summed E-state index contributed by atoms with van der Waals surface area (Å²) in [5.41, 5.74) is 0. The molecule has 0 aromatic carbocycles. The van der Waals surface area contributed by atoms with Crippen LogP contribution in [0.2, 0.25) is 0 Å². The van der Waals surface area contributed by atoms with Gasteiger partial charge in [0.2, 0.25) is 0 Å². The highest BCUT2D eigenvalue weighted by molar-refractivity contribution is 8.00. The molecule has 0 N–H and O–H groups in total. The van der Waals surface area contributed by atoms with Crippen LogP contribution in [0.4, 0.5) is 4.39 Å². The molecule has 0 aromatic heterocycles. The highest BCUT2D eigenvalue weighted by Gasteiger charge is 2.21. The SMILES string of the molecule is CCCOC(=O)C(CC(C)C)SCCCC(F)CCC. The van der Waals surface area contributed by atoms with Crippen LogP contribution in [0.3, 0.4) is 0 Å². The normalized spacial score (nSPS) is 14.3. The van der Waals surface area contributed by atoms with E-state index < -0.39 is 6.17 Å². The second-order valence-corrected chi connectivity index (χ2v) is 7.00. The summed E-state index contributed by atoms with van der Waals surface area (Å²) in [4.78, 5) is 12.0. The van der Waals surface area contributed by atoms with E-state index in [2.05, 4.69) is 13.8 Å². The van der Waals surface area contributed by atoms with Gasteiger partial charge in [-0.25, -0.2) is 4.39 Å². The van der Waals surface area contributed by atoms with Gasteiger partial charge in [-0.05, 0) is 43.8 Å². The van der Waals surface area contributed by atoms with Crippen LogP contribution in [0.25, 0.3) is 0 Å². The molecule has 2 nitrogen and oxygen atoms in total. The standard InChI is InChI=1S/C16H31FO2S/c1-5-8-14(17)9-7-11-20-15(12-13(3)4)16(18)19-10-6-2/h13-15H,5-12H2,1-4H3. The van der Waals surface area contributed by atoms with Crippen LogP contribution in [0.15, 0.2) is 0 Å². The van der Waals surface area contributed by atoms with Gasteiger partial charge in [-0.2, -0.15) is 0 Å². The van der Waals surface area contributed by atoms with Crippen molar-refractivity contribution in [1.29, 1.82) is 0 Å². The van der Waals surface area contributed by atoms with Crippen molar-refractivity contribution in [2.75, 3.05) is 12.4 Å². The van der Waals surface area contributed by atoms with Crippen LogP contribution in [-0.4, -0.2) is 29.8 Å². The molecule has 0 bridgehead atoms. The Morgan fingerprint density at radius 2 is 1.90 bits per heavy atom. The van der Waals surface area contributed by atoms with Gasteiger partial charge in [0.05, 0.1) is 6.61 Å². The molecule has 0 rings (SSSR count). The number of ether oxygens (including phenoxy) is 1. The number of halogens is 1. The van der Waals surface area contributed by atoms with Crippen molar-refractivity contribution in [2.24, 2.45) is 5.92 Å². The van der Waals surface area contributed by atoms with Crippen LogP contribution in [0.1, 0.15) is 66.2 Å². The minimum atomic E-state index is -0.684. The Bertz CT molecular complexity index is 247. The van der Waals surface area contributed by atoms with E-state index in [1.165, 1.54) is 0 Å². The number of alkyl halides is 1. The summed E-state index contributed by atoms with van der Waals surface area (Å²) in [6, 6.07) is 0. The molecule has 0 fully saturated rings. The van der Waals surface area contributed by atoms with Crippen molar-refractivity contribution in [3.05, 3.63) is 0 Å². The van der Waals surface area contributed by atoms with E-state index in [1.807, 2.05) is 13.8 Å². The van der Waals surface area contributed by atoms with Crippen LogP contribution < -0.4 is 0 Å². The molecular formula is C16H31FO2S. The molecule has 0 amide bonds. The molecule has 4 heteroatoms. The number of thioether (sulfide) groups is 1. The Balaban J connectivity index is 4.00. The van der Waals surface area contributed by atoms with E-state index in [4.69, 9.17) is 4.74 Å². The predicted molar refractivity (Wildman–Crippen MR) is 86.0 cm³/mol. The number of esters is 1. The molecule has 2 unspecified atom stereocenters. The predicted octanol–water partition coefficient (Wildman–Crippen LogP) is 5.01. The maximum absolute atomic E-state index is 13.4. The van der Waals surface area contributed by atoms with E-state index in [0.717, 1.165) is 31.4 Å². The summed E-state index contributed by atoms with van der Waals surface area (Å²) < 4.78 is 18.6. The second-order valence-electron chi connectivity index (χ2n) is 5.68. The van der Waals surface area contributed by atoms with Crippen molar-refractivity contribution in [1.82, 2.24) is 0 Å². The van der Waals surface area contributed by atoms with Gasteiger partial charge in [0.25, 0.3) is 0 Å². The van der Waals surface area contributed by atoms with Gasteiger partial charge in [0.15, 0.2) is 0 Å². The maximum Gasteiger partial charge on any atom is 0.319 e. The summed E-state index contributed by atoms with van der Waals surface area (Å²) in [5, 5.41) is -0.0919. The number of hydrogen-bond donors (Lipinski definition) is 0. The monoisotopic (exact) mass is 306 g/mol. The molecule has 0 aliphatic heterocycles. The molecule has 120 valence electrons. The summed E-state index contributed by atoms with van der Waals surface area (Å²) in [5.74, 6) is 1.20. The van der Waals surface area contributed by atoms with Gasteiger partial charge in [-0.1, -0.05) is 34.1 Å². The number of rotatable bonds is 12. The Kier molecular flexibility index (Phi) is 12.3. The first kappa shape index (κ1) is 19.8. The van der Waals surface area contributed by atoms with Crippen LogP contribution in [0.5, 0.6) is 0 Å². The van der Waals surface area contributed by atoms with Gasteiger partial charge in [0, 0.05) is 0 Å². The minimum Gasteiger partial charge on any atom is -0.465 e. The number of carbonyl (C=O) groups is 1. The molecule has 0 saturated carbocycles. The van der Waals surface area contributed by atoms with Crippen molar-refractivity contribution in [3.8, 4) is 0 Å². The third kappa shape index (κ3) is 10.5. The summed E-state index contributed by atoms with van der Waals surface area (Å²) >= 11 is 1.63. The van der Waals surface area contributed by atoms with Crippen molar-refractivity contribution < 1.29 is 13.9 Å². The summed E-state index contributed by atoms with van der Waals surface area (Å²) in [6.45, 7) is 8.72. The lowest BCUT2D eigenvalue weighted by atomic mass is 10.1. The van der Waals surface area contributed by atoms with Crippen LogP contribution in [0, 0.1) is 5.92 Å². The molecule has 0 aromatic rings. The molecule has 20 heavy (non-hydrogen) atoms. The Labute approximate surface area is 128 Å². The first-order valence-electron chi connectivity index (χ1n) is 7.93. The van der Waals surface area contributed by atoms with E-state index in [0.29, 0.717) is 25.4 Å². The zero-order valence-electron chi connectivity index (χ0n) is 13.5. The van der Waals surface area contributed by atoms with Gasteiger partial charge >= 0.3 is 5.97 Å². The lowest BCUT2D eigenvalue weighted by Gasteiger charge is -2.17. The van der Waals surface area contributed by atoms with Crippen molar-refractivity contribution >= 4 is 17.7 Å². The largest absolute Gasteiger partial charge is 0.465 e. The van der Waals surface area contributed by atoms with Crippen LogP contribution in [-0.2, 0) is 9.53 Å². The molecule has 0 heterocycles. The van der Waals surface area contributed by atoms with E-state index in [9.17, 15) is 9.18 Å². The zero-order chi connectivity index (χ0) is 15.4. The van der Waals surface area contributed by atoms with E-state index in [1.54, 1.807) is 11.8 Å². The highest BCUT2D eigenvalue weighted by atomic mass is 32.2. The molecule has 2 atom stereocenters. The smallest absolute Gasteiger partial charge is 0.319 e. The average molecular weight is 306 g/mol. The zero-order valence-corrected chi connectivity index (χ0v) is 14.3. The number of carbonyl (C=O) groups excluding carboxylic acids is 1. The third-order valence-electron chi connectivity index (χ3n) is 2.98. The quantitative estimate of drug-likeness (QED) is 0.375. The molecule has 0 spiro atoms. The third-order valence-corrected chi connectivity index (χ3v) is 4.29. The first-order chi connectivity index (χ1) is 9.51. The fourth-order valence-corrected chi connectivity index (χ4v) is 3.29. The summed E-state index contributed by atoms with van der Waals surface area (Å²) in [7, 11) is 0. The van der Waals surface area contributed by atoms with Crippen molar-refractivity contribution in [3.63, 3.8) is 0 Å². The Hall–Kier alpha value is -0.250. The van der Waals surface area contributed by atoms with E-state index in [-0.39, 0.29) is 11.2 Å². The minimum absolute atomic E-state index is 0.0919. The average Bonchev–Trinajstić information content (AvgIpc) is 2.39. The number of hydrogen-bond acceptors (Lipinski definition) is 3. The lowest BCUT2D eigenvalue weighted by molar-refractivity contribution is -0.143. The van der Waals surface area contributed by atoms with E-state index >= 15 is 0 Å². The molecule has 0 saturated heterocycles. The Morgan fingerprint density at radius 1 is 1.20 bits per heavy atom. The van der Waals surface area contributed by atoms with Gasteiger partial charge < -0.3 is 4.74 Å². The second kappa shape index (κ2) is 12.5. The molecule has 0 aliphatic rings. The molecular weight excluding hydrogens is 275 g/mol. The topological polar surface area (TPSA) is 26.3 Å². The first-order valence-corrected chi connectivity index (χ1v) is 8.98. The maximum atomic E-state index is 13.4. The van der Waals surface area contributed by atoms with Gasteiger partial charge in [-0.15, -0.1) is 11.8 Å². The van der Waals surface area contributed by atoms with Gasteiger partial charge in [-0.3, -0.25) is 4.79 Å². The van der Waals surface area contributed by atoms with Crippen molar-refractivity contribution in [2.45, 2.75) is 77.6 Å². The Morgan fingerprint density at radius 3 is 2.45 bits per heavy atom.